The highest BCUT2D eigenvalue weighted by atomic mass is 16.2. The number of aromatic amines is 1. The molecule has 1 saturated heterocycles. The summed E-state index contributed by atoms with van der Waals surface area (Å²) >= 11 is 0. The number of hydrogen-bond acceptors (Lipinski definition) is 2. The molecule has 3 rings (SSSR count). The van der Waals surface area contributed by atoms with E-state index in [2.05, 4.69) is 23.3 Å². The normalized spacial score (nSPS) is 18.3. The summed E-state index contributed by atoms with van der Waals surface area (Å²) < 4.78 is 0. The fourth-order valence-electron chi connectivity index (χ4n) is 3.05. The number of rotatable bonds is 3. The Labute approximate surface area is 129 Å². The van der Waals surface area contributed by atoms with Gasteiger partial charge in [0.2, 0.25) is 11.8 Å². The van der Waals surface area contributed by atoms with Gasteiger partial charge in [-0.1, -0.05) is 18.2 Å². The van der Waals surface area contributed by atoms with Gasteiger partial charge in [-0.25, -0.2) is 0 Å². The molecule has 0 saturated carbocycles. The van der Waals surface area contributed by atoms with Gasteiger partial charge in [-0.3, -0.25) is 9.59 Å². The first kappa shape index (κ1) is 14.6. The van der Waals surface area contributed by atoms with E-state index in [9.17, 15) is 9.59 Å². The molecule has 2 aromatic rings. The van der Waals surface area contributed by atoms with Gasteiger partial charge in [0.15, 0.2) is 0 Å². The smallest absolute Gasteiger partial charge is 0.227 e. The van der Waals surface area contributed by atoms with Gasteiger partial charge >= 0.3 is 0 Å². The van der Waals surface area contributed by atoms with E-state index in [1.807, 2.05) is 25.4 Å². The number of carbonyl (C=O) groups excluding carboxylic acids is 2. The highest BCUT2D eigenvalue weighted by Gasteiger charge is 2.25. The molecule has 1 aromatic heterocycles. The Morgan fingerprint density at radius 1 is 1.41 bits per heavy atom. The first-order valence-electron chi connectivity index (χ1n) is 7.64. The number of nitrogens with zero attached hydrogens (tertiary/aromatic N) is 1. The molecule has 2 heterocycles. The molecule has 5 heteroatoms. The van der Waals surface area contributed by atoms with Crippen molar-refractivity contribution in [3.63, 3.8) is 0 Å². The molecule has 1 unspecified atom stereocenters. The molecule has 0 radical (unpaired) electrons. The third-order valence-corrected chi connectivity index (χ3v) is 4.53. The Kier molecular flexibility index (Phi) is 3.88. The van der Waals surface area contributed by atoms with Gasteiger partial charge in [0.1, 0.15) is 0 Å². The average molecular weight is 299 g/mol. The van der Waals surface area contributed by atoms with Crippen LogP contribution < -0.4 is 5.32 Å². The predicted molar refractivity (Wildman–Crippen MR) is 85.5 cm³/mol. The summed E-state index contributed by atoms with van der Waals surface area (Å²) in [5.74, 6) is 0.160. The number of carbonyl (C=O) groups is 2. The molecule has 5 nitrogen and oxygen atoms in total. The van der Waals surface area contributed by atoms with Gasteiger partial charge in [0, 0.05) is 43.2 Å². The van der Waals surface area contributed by atoms with Crippen LogP contribution >= 0.6 is 0 Å². The van der Waals surface area contributed by atoms with Crippen LogP contribution in [0.4, 0.5) is 0 Å². The maximum Gasteiger partial charge on any atom is 0.227 e. The number of piperidine rings is 1. The lowest BCUT2D eigenvalue weighted by Crippen LogP contribution is -2.49. The van der Waals surface area contributed by atoms with E-state index >= 15 is 0 Å². The van der Waals surface area contributed by atoms with E-state index in [1.54, 1.807) is 4.90 Å². The lowest BCUT2D eigenvalue weighted by atomic mass is 10.0. The van der Waals surface area contributed by atoms with Crippen LogP contribution in [0.25, 0.3) is 10.9 Å². The standard InChI is InChI=1S/C17H21N3O2/c1-11-4-3-5-14-12(9-19-17(11)14)8-16(22)20(2)13-6-7-15(21)18-10-13/h3-5,9,13,19H,6-8,10H2,1-2H3,(H,18,21). The molecule has 1 aliphatic rings. The number of hydrogen-bond donors (Lipinski definition) is 2. The van der Waals surface area contributed by atoms with Crippen molar-refractivity contribution in [1.29, 1.82) is 0 Å². The minimum atomic E-state index is 0.0733. The summed E-state index contributed by atoms with van der Waals surface area (Å²) in [6.45, 7) is 2.61. The second-order valence-electron chi connectivity index (χ2n) is 5.99. The van der Waals surface area contributed by atoms with Crippen molar-refractivity contribution >= 4 is 22.7 Å². The van der Waals surface area contributed by atoms with Gasteiger partial charge in [0.05, 0.1) is 6.42 Å². The van der Waals surface area contributed by atoms with Crippen LogP contribution in [0.2, 0.25) is 0 Å². The molecule has 1 aromatic carbocycles. The van der Waals surface area contributed by atoms with Crippen molar-refractivity contribution in [3.05, 3.63) is 35.5 Å². The van der Waals surface area contributed by atoms with Crippen LogP contribution in [0.3, 0.4) is 0 Å². The minimum Gasteiger partial charge on any atom is -0.361 e. The second kappa shape index (κ2) is 5.83. The molecule has 0 aliphatic carbocycles. The fourth-order valence-corrected chi connectivity index (χ4v) is 3.05. The molecule has 116 valence electrons. The van der Waals surface area contributed by atoms with E-state index in [0.717, 1.165) is 22.9 Å². The first-order valence-corrected chi connectivity index (χ1v) is 7.64. The molecular weight excluding hydrogens is 278 g/mol. The average Bonchev–Trinajstić information content (AvgIpc) is 2.92. The first-order chi connectivity index (χ1) is 10.6. The number of nitrogens with one attached hydrogen (secondary N) is 2. The number of para-hydroxylation sites is 1. The summed E-state index contributed by atoms with van der Waals surface area (Å²) in [6, 6.07) is 6.21. The van der Waals surface area contributed by atoms with E-state index in [4.69, 9.17) is 0 Å². The Hall–Kier alpha value is -2.30. The lowest BCUT2D eigenvalue weighted by Gasteiger charge is -2.31. The largest absolute Gasteiger partial charge is 0.361 e. The molecule has 2 amide bonds. The van der Waals surface area contributed by atoms with Crippen molar-refractivity contribution in [2.75, 3.05) is 13.6 Å². The summed E-state index contributed by atoms with van der Waals surface area (Å²) in [5.41, 5.74) is 3.30. The number of aryl methyl sites for hydroxylation is 1. The third kappa shape index (κ3) is 2.71. The Morgan fingerprint density at radius 3 is 2.95 bits per heavy atom. The van der Waals surface area contributed by atoms with E-state index in [1.165, 1.54) is 5.56 Å². The zero-order valence-corrected chi connectivity index (χ0v) is 13.0. The molecule has 22 heavy (non-hydrogen) atoms. The van der Waals surface area contributed by atoms with Crippen molar-refractivity contribution < 1.29 is 9.59 Å². The number of fused-ring (bicyclic) bond motifs is 1. The van der Waals surface area contributed by atoms with Crippen LogP contribution in [0.5, 0.6) is 0 Å². The SMILES string of the molecule is Cc1cccc2c(CC(=O)N(C)C3CCC(=O)NC3)c[nH]c12. The van der Waals surface area contributed by atoms with Crippen LogP contribution in [-0.4, -0.2) is 41.3 Å². The molecule has 1 fully saturated rings. The summed E-state index contributed by atoms with van der Waals surface area (Å²) in [4.78, 5) is 28.8. The number of benzene rings is 1. The van der Waals surface area contributed by atoms with Gasteiger partial charge in [-0.15, -0.1) is 0 Å². The fraction of sp³-hybridized carbons (Fsp3) is 0.412. The maximum absolute atomic E-state index is 12.5. The number of amides is 2. The van der Waals surface area contributed by atoms with Crippen LogP contribution in [0.15, 0.2) is 24.4 Å². The van der Waals surface area contributed by atoms with Gasteiger partial charge in [-0.05, 0) is 24.5 Å². The summed E-state index contributed by atoms with van der Waals surface area (Å²) in [6.07, 6.45) is 3.53. The van der Waals surface area contributed by atoms with Gasteiger partial charge < -0.3 is 15.2 Å². The zero-order chi connectivity index (χ0) is 15.7. The van der Waals surface area contributed by atoms with Crippen molar-refractivity contribution in [2.24, 2.45) is 0 Å². The quantitative estimate of drug-likeness (QED) is 0.907. The van der Waals surface area contributed by atoms with Crippen LogP contribution in [0, 0.1) is 6.92 Å². The lowest BCUT2D eigenvalue weighted by molar-refractivity contribution is -0.133. The molecule has 1 atom stereocenters. The number of H-pyrrole nitrogens is 1. The highest BCUT2D eigenvalue weighted by Crippen LogP contribution is 2.22. The van der Waals surface area contributed by atoms with Crippen molar-refractivity contribution in [2.45, 2.75) is 32.2 Å². The van der Waals surface area contributed by atoms with E-state index < -0.39 is 0 Å². The zero-order valence-electron chi connectivity index (χ0n) is 13.0. The number of aromatic nitrogens is 1. The van der Waals surface area contributed by atoms with Crippen molar-refractivity contribution in [1.82, 2.24) is 15.2 Å². The molecule has 2 N–H and O–H groups in total. The van der Waals surface area contributed by atoms with Gasteiger partial charge in [0.25, 0.3) is 0 Å². The predicted octanol–water partition coefficient (Wildman–Crippen LogP) is 1.76. The van der Waals surface area contributed by atoms with Crippen molar-refractivity contribution in [3.8, 4) is 0 Å². The molecule has 0 spiro atoms. The molecule has 1 aliphatic heterocycles. The molecular formula is C17H21N3O2. The Bertz CT molecular complexity index is 710. The van der Waals surface area contributed by atoms with Crippen LogP contribution in [0.1, 0.15) is 24.0 Å². The van der Waals surface area contributed by atoms with Crippen LogP contribution in [-0.2, 0) is 16.0 Å². The number of likely N-dealkylation sites (N-methyl/N-ethyl adjacent to an activating group) is 1. The maximum atomic E-state index is 12.5. The molecule has 0 bridgehead atoms. The topological polar surface area (TPSA) is 65.2 Å². The highest BCUT2D eigenvalue weighted by molar-refractivity contribution is 5.90. The third-order valence-electron chi connectivity index (χ3n) is 4.53. The monoisotopic (exact) mass is 299 g/mol. The Morgan fingerprint density at radius 2 is 2.23 bits per heavy atom. The second-order valence-corrected chi connectivity index (χ2v) is 5.99. The Balaban J connectivity index is 1.73. The summed E-state index contributed by atoms with van der Waals surface area (Å²) in [5, 5.41) is 3.93. The summed E-state index contributed by atoms with van der Waals surface area (Å²) in [7, 11) is 1.82. The van der Waals surface area contributed by atoms with E-state index in [-0.39, 0.29) is 17.9 Å². The van der Waals surface area contributed by atoms with E-state index in [0.29, 0.717) is 19.4 Å². The minimum absolute atomic E-state index is 0.0733. The van der Waals surface area contributed by atoms with Gasteiger partial charge in [-0.2, -0.15) is 0 Å².